The second-order valence-corrected chi connectivity index (χ2v) is 6.72. The zero-order chi connectivity index (χ0) is 12.8. The maximum absolute atomic E-state index is 3.54. The van der Waals surface area contributed by atoms with E-state index in [1.54, 1.807) is 11.3 Å². The van der Waals surface area contributed by atoms with Crippen LogP contribution in [-0.4, -0.2) is 12.3 Å². The Bertz CT molecular complexity index is 470. The molecule has 1 N–H and O–H groups in total. The summed E-state index contributed by atoms with van der Waals surface area (Å²) >= 11 is 7.17. The normalized spacial score (nSPS) is 12.6. The fourth-order valence-electron chi connectivity index (χ4n) is 1.73. The Balaban J connectivity index is 1.98. The van der Waals surface area contributed by atoms with E-state index in [4.69, 9.17) is 0 Å². The Kier molecular flexibility index (Phi) is 5.76. The predicted octanol–water partition coefficient (Wildman–Crippen LogP) is 4.95. The third kappa shape index (κ3) is 4.12. The van der Waals surface area contributed by atoms with Gasteiger partial charge < -0.3 is 5.32 Å². The molecule has 4 heteroatoms. The van der Waals surface area contributed by atoms with Crippen molar-refractivity contribution in [2.45, 2.75) is 17.9 Å². The van der Waals surface area contributed by atoms with Gasteiger partial charge in [0.2, 0.25) is 0 Å². The molecular formula is C14H16BrNS2. The van der Waals surface area contributed by atoms with Crippen LogP contribution in [0.4, 0.5) is 0 Å². The highest BCUT2D eigenvalue weighted by molar-refractivity contribution is 9.10. The summed E-state index contributed by atoms with van der Waals surface area (Å²) in [6.07, 6.45) is 0. The minimum Gasteiger partial charge on any atom is -0.309 e. The minimum absolute atomic E-state index is 0.435. The van der Waals surface area contributed by atoms with Crippen molar-refractivity contribution in [2.24, 2.45) is 0 Å². The number of thioether (sulfide) groups is 1. The lowest BCUT2D eigenvalue weighted by Gasteiger charge is -2.16. The molecule has 0 aliphatic heterocycles. The number of hydrogen-bond donors (Lipinski definition) is 1. The van der Waals surface area contributed by atoms with Gasteiger partial charge in [0.1, 0.15) is 0 Å². The van der Waals surface area contributed by atoms with Crippen LogP contribution in [0.1, 0.15) is 18.5 Å². The number of thiophene rings is 1. The van der Waals surface area contributed by atoms with Crippen molar-refractivity contribution >= 4 is 39.0 Å². The van der Waals surface area contributed by atoms with Gasteiger partial charge in [-0.05, 0) is 47.1 Å². The molecule has 1 unspecified atom stereocenters. The van der Waals surface area contributed by atoms with E-state index in [1.807, 2.05) is 11.8 Å². The van der Waals surface area contributed by atoms with Crippen LogP contribution in [0.3, 0.4) is 0 Å². The highest BCUT2D eigenvalue weighted by Gasteiger charge is 2.11. The van der Waals surface area contributed by atoms with Gasteiger partial charge in [-0.15, -0.1) is 11.8 Å². The van der Waals surface area contributed by atoms with Gasteiger partial charge in [0.05, 0.1) is 0 Å². The Hall–Kier alpha value is -0.290. The smallest absolute Gasteiger partial charge is 0.0423 e. The number of nitrogens with one attached hydrogen (secondary N) is 1. The summed E-state index contributed by atoms with van der Waals surface area (Å²) in [5.74, 6) is 1.06. The van der Waals surface area contributed by atoms with Crippen molar-refractivity contribution in [1.82, 2.24) is 5.32 Å². The van der Waals surface area contributed by atoms with E-state index in [2.05, 4.69) is 69.3 Å². The molecule has 96 valence electrons. The quantitative estimate of drug-likeness (QED) is 0.745. The molecule has 1 atom stereocenters. The van der Waals surface area contributed by atoms with Crippen LogP contribution in [0.5, 0.6) is 0 Å². The molecule has 2 rings (SSSR count). The zero-order valence-electron chi connectivity index (χ0n) is 10.2. The van der Waals surface area contributed by atoms with E-state index in [-0.39, 0.29) is 0 Å². The van der Waals surface area contributed by atoms with E-state index < -0.39 is 0 Å². The highest BCUT2D eigenvalue weighted by Crippen LogP contribution is 2.27. The van der Waals surface area contributed by atoms with E-state index >= 15 is 0 Å². The van der Waals surface area contributed by atoms with Crippen LogP contribution in [0.15, 0.2) is 50.5 Å². The topological polar surface area (TPSA) is 12.0 Å². The average Bonchev–Trinajstić information content (AvgIpc) is 2.88. The fraction of sp³-hybridized carbons (Fsp3) is 0.286. The zero-order valence-corrected chi connectivity index (χ0v) is 13.4. The number of benzene rings is 1. The minimum atomic E-state index is 0.435. The van der Waals surface area contributed by atoms with Crippen molar-refractivity contribution in [3.8, 4) is 0 Å². The lowest BCUT2D eigenvalue weighted by atomic mass is 10.2. The second kappa shape index (κ2) is 7.34. The first-order valence-electron chi connectivity index (χ1n) is 5.93. The highest BCUT2D eigenvalue weighted by atomic mass is 79.9. The fourth-order valence-corrected chi connectivity index (χ4v) is 4.05. The molecule has 0 amide bonds. The van der Waals surface area contributed by atoms with E-state index in [0.717, 1.165) is 16.8 Å². The molecule has 0 saturated heterocycles. The van der Waals surface area contributed by atoms with Crippen molar-refractivity contribution in [3.63, 3.8) is 0 Å². The van der Waals surface area contributed by atoms with Crippen LogP contribution in [0, 0.1) is 0 Å². The summed E-state index contributed by atoms with van der Waals surface area (Å²) in [5, 5.41) is 7.92. The van der Waals surface area contributed by atoms with Gasteiger partial charge in [0.25, 0.3) is 0 Å². The summed E-state index contributed by atoms with van der Waals surface area (Å²) < 4.78 is 1.14. The van der Waals surface area contributed by atoms with Gasteiger partial charge in [-0.1, -0.05) is 28.9 Å². The van der Waals surface area contributed by atoms with Gasteiger partial charge in [-0.3, -0.25) is 0 Å². The maximum Gasteiger partial charge on any atom is 0.0423 e. The average molecular weight is 342 g/mol. The summed E-state index contributed by atoms with van der Waals surface area (Å²) in [4.78, 5) is 1.31. The molecule has 1 aromatic heterocycles. The molecule has 1 heterocycles. The van der Waals surface area contributed by atoms with Gasteiger partial charge in [-0.2, -0.15) is 11.3 Å². The van der Waals surface area contributed by atoms with Crippen LogP contribution in [0.2, 0.25) is 0 Å². The first-order valence-corrected chi connectivity index (χ1v) is 8.65. The standard InChI is InChI=1S/C14H16BrNS2/c1-2-16-14(11-6-7-17-9-11)10-18-13-5-3-4-12(15)8-13/h3-9,14,16H,2,10H2,1H3. The molecular weight excluding hydrogens is 326 g/mol. The predicted molar refractivity (Wildman–Crippen MR) is 85.6 cm³/mol. The van der Waals surface area contributed by atoms with Crippen molar-refractivity contribution in [2.75, 3.05) is 12.3 Å². The van der Waals surface area contributed by atoms with Gasteiger partial charge in [0, 0.05) is 21.2 Å². The summed E-state index contributed by atoms with van der Waals surface area (Å²) in [6.45, 7) is 3.16. The van der Waals surface area contributed by atoms with Crippen LogP contribution in [0.25, 0.3) is 0 Å². The number of hydrogen-bond acceptors (Lipinski definition) is 3. The molecule has 0 aliphatic carbocycles. The van der Waals surface area contributed by atoms with Gasteiger partial charge in [-0.25, -0.2) is 0 Å². The third-order valence-corrected chi connectivity index (χ3v) is 4.89. The largest absolute Gasteiger partial charge is 0.309 e. The Morgan fingerprint density at radius 2 is 2.28 bits per heavy atom. The molecule has 1 aromatic carbocycles. The molecule has 0 spiro atoms. The molecule has 0 fully saturated rings. The molecule has 0 saturated carbocycles. The monoisotopic (exact) mass is 341 g/mol. The lowest BCUT2D eigenvalue weighted by Crippen LogP contribution is -2.22. The Morgan fingerprint density at radius 1 is 1.39 bits per heavy atom. The maximum atomic E-state index is 3.54. The van der Waals surface area contributed by atoms with Gasteiger partial charge >= 0.3 is 0 Å². The van der Waals surface area contributed by atoms with Crippen LogP contribution in [-0.2, 0) is 0 Å². The lowest BCUT2D eigenvalue weighted by molar-refractivity contribution is 0.608. The molecule has 0 bridgehead atoms. The number of rotatable bonds is 6. The number of halogens is 1. The molecule has 2 aromatic rings. The van der Waals surface area contributed by atoms with E-state index in [0.29, 0.717) is 6.04 Å². The van der Waals surface area contributed by atoms with Crippen molar-refractivity contribution in [1.29, 1.82) is 0 Å². The van der Waals surface area contributed by atoms with Crippen molar-refractivity contribution in [3.05, 3.63) is 51.1 Å². The second-order valence-electron chi connectivity index (χ2n) is 3.94. The molecule has 1 nitrogen and oxygen atoms in total. The van der Waals surface area contributed by atoms with E-state index in [1.165, 1.54) is 10.5 Å². The van der Waals surface area contributed by atoms with Crippen LogP contribution < -0.4 is 5.32 Å². The van der Waals surface area contributed by atoms with E-state index in [9.17, 15) is 0 Å². The van der Waals surface area contributed by atoms with Crippen molar-refractivity contribution < 1.29 is 0 Å². The Labute approximate surface area is 125 Å². The van der Waals surface area contributed by atoms with Crippen LogP contribution >= 0.6 is 39.0 Å². The molecule has 0 aliphatic rings. The molecule has 0 radical (unpaired) electrons. The first kappa shape index (κ1) is 14.1. The summed E-state index contributed by atoms with van der Waals surface area (Å²) in [6, 6.07) is 11.1. The summed E-state index contributed by atoms with van der Waals surface area (Å²) in [5.41, 5.74) is 1.39. The molecule has 18 heavy (non-hydrogen) atoms. The Morgan fingerprint density at radius 3 is 2.94 bits per heavy atom. The third-order valence-electron chi connectivity index (χ3n) is 2.61. The first-order chi connectivity index (χ1) is 8.79. The summed E-state index contributed by atoms with van der Waals surface area (Å²) in [7, 11) is 0. The SMILES string of the molecule is CCNC(CSc1cccc(Br)c1)c1ccsc1. The van der Waals surface area contributed by atoms with Gasteiger partial charge in [0.15, 0.2) is 0 Å².